The summed E-state index contributed by atoms with van der Waals surface area (Å²) < 4.78 is 28.7. The highest BCUT2D eigenvalue weighted by Gasteiger charge is 2.33. The lowest BCUT2D eigenvalue weighted by Gasteiger charge is -2.32. The van der Waals surface area contributed by atoms with Crippen molar-refractivity contribution in [3.05, 3.63) is 92.9 Å². The van der Waals surface area contributed by atoms with Gasteiger partial charge in [0.05, 0.1) is 10.6 Å². The van der Waals surface area contributed by atoms with Crippen molar-refractivity contribution in [2.75, 3.05) is 17.4 Å². The minimum absolute atomic E-state index is 0.0215. The molecule has 0 bridgehead atoms. The summed E-state index contributed by atoms with van der Waals surface area (Å²) in [6.45, 7) is 5.07. The molecule has 0 unspecified atom stereocenters. The van der Waals surface area contributed by atoms with Crippen LogP contribution in [0, 0.1) is 6.92 Å². The Hall–Kier alpha value is -2.78. The zero-order chi connectivity index (χ0) is 28.7. The number of rotatable bonds is 11. The highest BCUT2D eigenvalue weighted by Crippen LogP contribution is 2.30. The fourth-order valence-electron chi connectivity index (χ4n) is 3.94. The largest absolute Gasteiger partial charge is 0.354 e. The smallest absolute Gasteiger partial charge is 0.264 e. The van der Waals surface area contributed by atoms with Crippen molar-refractivity contribution < 1.29 is 18.0 Å². The number of halogens is 3. The molecule has 0 fully saturated rings. The van der Waals surface area contributed by atoms with E-state index in [1.165, 1.54) is 17.0 Å². The van der Waals surface area contributed by atoms with Gasteiger partial charge in [0.2, 0.25) is 11.8 Å². The standard InChI is InChI=1S/C28H30Cl3N3O4S/c1-4-14-32-28(36)20(3)33(17-21-10-11-23(30)16-25(21)31)27(35)18-34(26-13-12-22(29)15-19(26)2)39(37,38)24-8-6-5-7-9-24/h5-13,15-16,20H,4,14,17-18H2,1-3H3,(H,32,36)/t20-/m1/s1. The predicted molar refractivity (Wildman–Crippen MR) is 157 cm³/mol. The fourth-order valence-corrected chi connectivity index (χ4v) is 6.14. The predicted octanol–water partition coefficient (Wildman–Crippen LogP) is 6.09. The molecule has 0 aromatic heterocycles. The minimum atomic E-state index is -4.17. The summed E-state index contributed by atoms with van der Waals surface area (Å²) in [5.41, 5.74) is 1.42. The van der Waals surface area contributed by atoms with Crippen LogP contribution in [-0.2, 0) is 26.2 Å². The topological polar surface area (TPSA) is 86.8 Å². The highest BCUT2D eigenvalue weighted by molar-refractivity contribution is 7.92. The van der Waals surface area contributed by atoms with E-state index in [0.29, 0.717) is 44.8 Å². The Kier molecular flexibility index (Phi) is 10.7. The van der Waals surface area contributed by atoms with Gasteiger partial charge in [0, 0.05) is 28.2 Å². The maximum absolute atomic E-state index is 13.9. The Balaban J connectivity index is 2.06. The second kappa shape index (κ2) is 13.5. The molecular formula is C28H30Cl3N3O4S. The van der Waals surface area contributed by atoms with E-state index in [0.717, 1.165) is 4.31 Å². The zero-order valence-corrected chi connectivity index (χ0v) is 24.9. The molecule has 7 nitrogen and oxygen atoms in total. The number of carbonyl (C=O) groups is 2. The van der Waals surface area contributed by atoms with Crippen molar-refractivity contribution in [3.8, 4) is 0 Å². The van der Waals surface area contributed by atoms with Gasteiger partial charge in [-0.25, -0.2) is 8.42 Å². The van der Waals surface area contributed by atoms with Gasteiger partial charge in [-0.15, -0.1) is 0 Å². The molecule has 3 aromatic carbocycles. The van der Waals surface area contributed by atoms with Crippen molar-refractivity contribution in [2.24, 2.45) is 0 Å². The molecule has 0 spiro atoms. The second-order valence-electron chi connectivity index (χ2n) is 8.98. The number of benzene rings is 3. The lowest BCUT2D eigenvalue weighted by atomic mass is 10.1. The molecule has 11 heteroatoms. The molecule has 1 atom stereocenters. The number of amides is 2. The first-order valence-electron chi connectivity index (χ1n) is 12.3. The zero-order valence-electron chi connectivity index (χ0n) is 21.8. The molecule has 0 saturated carbocycles. The van der Waals surface area contributed by atoms with Crippen molar-refractivity contribution in [3.63, 3.8) is 0 Å². The number of hydrogen-bond donors (Lipinski definition) is 1. The van der Waals surface area contributed by atoms with Crippen LogP contribution in [0.4, 0.5) is 5.69 Å². The lowest BCUT2D eigenvalue weighted by Crippen LogP contribution is -2.51. The van der Waals surface area contributed by atoms with E-state index in [9.17, 15) is 18.0 Å². The Morgan fingerprint density at radius 3 is 2.21 bits per heavy atom. The molecule has 2 amide bonds. The summed E-state index contributed by atoms with van der Waals surface area (Å²) in [6.07, 6.45) is 0.717. The molecular weight excluding hydrogens is 581 g/mol. The number of sulfonamides is 1. The molecule has 1 N–H and O–H groups in total. The SMILES string of the molecule is CCCNC(=O)[C@@H](C)N(Cc1ccc(Cl)cc1Cl)C(=O)CN(c1ccc(Cl)cc1C)S(=O)(=O)c1ccccc1. The third-order valence-corrected chi connectivity index (χ3v) is 8.71. The van der Waals surface area contributed by atoms with Gasteiger partial charge in [-0.3, -0.25) is 13.9 Å². The number of carbonyl (C=O) groups excluding carboxylic acids is 2. The molecule has 0 aliphatic heterocycles. The molecule has 3 rings (SSSR count). The molecule has 39 heavy (non-hydrogen) atoms. The van der Waals surface area contributed by atoms with Crippen LogP contribution in [0.3, 0.4) is 0 Å². The quantitative estimate of drug-likeness (QED) is 0.285. The molecule has 0 radical (unpaired) electrons. The summed E-state index contributed by atoms with van der Waals surface area (Å²) >= 11 is 18.6. The maximum atomic E-state index is 13.9. The average Bonchev–Trinajstić information content (AvgIpc) is 2.90. The minimum Gasteiger partial charge on any atom is -0.354 e. The van der Waals surface area contributed by atoms with Crippen LogP contribution in [0.25, 0.3) is 0 Å². The van der Waals surface area contributed by atoms with Crippen LogP contribution in [0.5, 0.6) is 0 Å². The highest BCUT2D eigenvalue weighted by atomic mass is 35.5. The van der Waals surface area contributed by atoms with Crippen LogP contribution in [0.2, 0.25) is 15.1 Å². The van der Waals surface area contributed by atoms with Crippen LogP contribution < -0.4 is 9.62 Å². The average molecular weight is 611 g/mol. The molecule has 3 aromatic rings. The van der Waals surface area contributed by atoms with Gasteiger partial charge in [0.15, 0.2) is 0 Å². The lowest BCUT2D eigenvalue weighted by molar-refractivity contribution is -0.139. The fraction of sp³-hybridized carbons (Fsp3) is 0.286. The number of hydrogen-bond acceptors (Lipinski definition) is 4. The van der Waals surface area contributed by atoms with Gasteiger partial charge >= 0.3 is 0 Å². The van der Waals surface area contributed by atoms with Gasteiger partial charge < -0.3 is 10.2 Å². The Bertz CT molecular complexity index is 1440. The number of aryl methyl sites for hydroxylation is 1. The van der Waals surface area contributed by atoms with Gasteiger partial charge in [-0.2, -0.15) is 0 Å². The molecule has 0 aliphatic rings. The maximum Gasteiger partial charge on any atom is 0.264 e. The number of anilines is 1. The summed E-state index contributed by atoms with van der Waals surface area (Å²) in [7, 11) is -4.17. The van der Waals surface area contributed by atoms with Gasteiger partial charge in [-0.1, -0.05) is 66.0 Å². The Morgan fingerprint density at radius 2 is 1.59 bits per heavy atom. The first-order valence-corrected chi connectivity index (χ1v) is 14.9. The van der Waals surface area contributed by atoms with Gasteiger partial charge in [0.1, 0.15) is 12.6 Å². The molecule has 0 saturated heterocycles. The van der Waals surface area contributed by atoms with E-state index in [-0.39, 0.29) is 17.3 Å². The third kappa shape index (κ3) is 7.66. The molecule has 0 heterocycles. The van der Waals surface area contributed by atoms with Gasteiger partial charge in [0.25, 0.3) is 10.0 Å². The van der Waals surface area contributed by atoms with E-state index in [1.807, 2.05) is 6.92 Å². The second-order valence-corrected chi connectivity index (χ2v) is 12.1. The summed E-state index contributed by atoms with van der Waals surface area (Å²) in [6, 6.07) is 16.5. The van der Waals surface area contributed by atoms with E-state index >= 15 is 0 Å². The Labute approximate surface area is 244 Å². The van der Waals surface area contributed by atoms with Crippen LogP contribution >= 0.6 is 34.8 Å². The summed E-state index contributed by atoms with van der Waals surface area (Å²) in [5.74, 6) is -0.954. The summed E-state index contributed by atoms with van der Waals surface area (Å²) in [5, 5.41) is 3.98. The van der Waals surface area contributed by atoms with Crippen molar-refractivity contribution in [2.45, 2.75) is 44.7 Å². The van der Waals surface area contributed by atoms with Crippen molar-refractivity contribution in [1.82, 2.24) is 10.2 Å². The van der Waals surface area contributed by atoms with E-state index in [2.05, 4.69) is 5.32 Å². The summed E-state index contributed by atoms with van der Waals surface area (Å²) in [4.78, 5) is 28.2. The monoisotopic (exact) mass is 609 g/mol. The van der Waals surface area contributed by atoms with E-state index in [4.69, 9.17) is 34.8 Å². The molecule has 0 aliphatic carbocycles. The van der Waals surface area contributed by atoms with Gasteiger partial charge in [-0.05, 0) is 73.9 Å². The number of nitrogens with zero attached hydrogens (tertiary/aromatic N) is 2. The first kappa shape index (κ1) is 30.8. The van der Waals surface area contributed by atoms with E-state index < -0.39 is 28.5 Å². The van der Waals surface area contributed by atoms with Crippen molar-refractivity contribution in [1.29, 1.82) is 0 Å². The van der Waals surface area contributed by atoms with Crippen LogP contribution in [-0.4, -0.2) is 44.3 Å². The number of nitrogens with one attached hydrogen (secondary N) is 1. The van der Waals surface area contributed by atoms with Crippen LogP contribution in [0.1, 0.15) is 31.4 Å². The van der Waals surface area contributed by atoms with Crippen LogP contribution in [0.15, 0.2) is 71.6 Å². The normalized spacial score (nSPS) is 12.1. The van der Waals surface area contributed by atoms with Crippen molar-refractivity contribution >= 4 is 62.3 Å². The third-order valence-electron chi connectivity index (χ3n) is 6.11. The molecule has 208 valence electrons. The van der Waals surface area contributed by atoms with E-state index in [1.54, 1.807) is 68.4 Å². The Morgan fingerprint density at radius 1 is 0.949 bits per heavy atom. The first-order chi connectivity index (χ1) is 18.4.